The van der Waals surface area contributed by atoms with Crippen LogP contribution in [-0.2, 0) is 9.59 Å². The van der Waals surface area contributed by atoms with Crippen LogP contribution in [0, 0.1) is 0 Å². The van der Waals surface area contributed by atoms with Crippen molar-refractivity contribution < 1.29 is 19.1 Å². The highest BCUT2D eigenvalue weighted by Gasteiger charge is 2.05. The van der Waals surface area contributed by atoms with Crippen molar-refractivity contribution in [2.24, 2.45) is 5.10 Å². The molecule has 0 saturated heterocycles. The molecule has 0 saturated carbocycles. The van der Waals surface area contributed by atoms with Crippen molar-refractivity contribution in [3.8, 4) is 11.5 Å². The van der Waals surface area contributed by atoms with Crippen molar-refractivity contribution in [1.82, 2.24) is 5.43 Å². The molecular formula is C18H19N3O4. The maximum absolute atomic E-state index is 11.7. The summed E-state index contributed by atoms with van der Waals surface area (Å²) in [5.41, 5.74) is 3.85. The quantitative estimate of drug-likeness (QED) is 0.597. The molecule has 2 aromatic rings. The van der Waals surface area contributed by atoms with Crippen LogP contribution >= 0.6 is 0 Å². The third-order valence-corrected chi connectivity index (χ3v) is 3.06. The number of benzene rings is 2. The highest BCUT2D eigenvalue weighted by Crippen LogP contribution is 2.25. The molecule has 2 N–H and O–H groups in total. The Labute approximate surface area is 145 Å². The molecular weight excluding hydrogens is 322 g/mol. The van der Waals surface area contributed by atoms with Crippen LogP contribution in [-0.4, -0.2) is 31.7 Å². The summed E-state index contributed by atoms with van der Waals surface area (Å²) in [6, 6.07) is 14.1. The Morgan fingerprint density at radius 2 is 1.76 bits per heavy atom. The predicted octanol–water partition coefficient (Wildman–Crippen LogP) is 2.18. The van der Waals surface area contributed by atoms with Gasteiger partial charge in [0.15, 0.2) is 18.1 Å². The lowest BCUT2D eigenvalue weighted by atomic mass is 10.2. The second-order valence-corrected chi connectivity index (χ2v) is 5.04. The van der Waals surface area contributed by atoms with Crippen molar-refractivity contribution >= 4 is 23.7 Å². The number of ether oxygens (including phenoxy) is 2. The number of hydrogen-bond donors (Lipinski definition) is 2. The van der Waals surface area contributed by atoms with Gasteiger partial charge in [-0.3, -0.25) is 9.59 Å². The fraction of sp³-hybridized carbons (Fsp3) is 0.167. The van der Waals surface area contributed by atoms with E-state index in [1.54, 1.807) is 42.5 Å². The van der Waals surface area contributed by atoms with Crippen LogP contribution in [0.3, 0.4) is 0 Å². The molecule has 0 bridgehead atoms. The van der Waals surface area contributed by atoms with Gasteiger partial charge in [-0.05, 0) is 29.8 Å². The Kier molecular flexibility index (Phi) is 6.53. The van der Waals surface area contributed by atoms with Crippen molar-refractivity contribution in [3.63, 3.8) is 0 Å². The van der Waals surface area contributed by atoms with Gasteiger partial charge in [0.25, 0.3) is 5.91 Å². The van der Waals surface area contributed by atoms with E-state index < -0.39 is 5.91 Å². The molecule has 25 heavy (non-hydrogen) atoms. The topological polar surface area (TPSA) is 89.0 Å². The van der Waals surface area contributed by atoms with E-state index in [1.807, 2.05) is 6.07 Å². The fourth-order valence-corrected chi connectivity index (χ4v) is 1.95. The molecule has 7 heteroatoms. The Morgan fingerprint density at radius 1 is 1.08 bits per heavy atom. The maximum Gasteiger partial charge on any atom is 0.277 e. The molecule has 130 valence electrons. The Morgan fingerprint density at radius 3 is 2.40 bits per heavy atom. The average Bonchev–Trinajstić information content (AvgIpc) is 2.61. The second kappa shape index (κ2) is 9.07. The van der Waals surface area contributed by atoms with Crippen molar-refractivity contribution in [1.29, 1.82) is 0 Å². The number of carbonyl (C=O) groups is 2. The minimum absolute atomic E-state index is 0.135. The number of para-hydroxylation sites is 2. The Hall–Kier alpha value is -3.35. The fourth-order valence-electron chi connectivity index (χ4n) is 1.95. The van der Waals surface area contributed by atoms with Crippen LogP contribution in [0.5, 0.6) is 11.5 Å². The number of rotatable bonds is 7. The highest BCUT2D eigenvalue weighted by atomic mass is 16.5. The van der Waals surface area contributed by atoms with E-state index in [1.165, 1.54) is 20.2 Å². The molecule has 0 aromatic heterocycles. The molecule has 2 amide bonds. The first-order chi connectivity index (χ1) is 12.1. The van der Waals surface area contributed by atoms with E-state index in [4.69, 9.17) is 9.47 Å². The number of amides is 2. The first-order valence-electron chi connectivity index (χ1n) is 7.54. The lowest BCUT2D eigenvalue weighted by Crippen LogP contribution is -2.24. The monoisotopic (exact) mass is 341 g/mol. The van der Waals surface area contributed by atoms with Gasteiger partial charge in [-0.15, -0.1) is 0 Å². The number of anilines is 1. The van der Waals surface area contributed by atoms with Gasteiger partial charge in [-0.2, -0.15) is 5.10 Å². The molecule has 0 radical (unpaired) electrons. The predicted molar refractivity (Wildman–Crippen MR) is 95.0 cm³/mol. The summed E-state index contributed by atoms with van der Waals surface area (Å²) < 4.78 is 10.5. The number of carbonyl (C=O) groups excluding carboxylic acids is 2. The third-order valence-electron chi connectivity index (χ3n) is 3.06. The van der Waals surface area contributed by atoms with Gasteiger partial charge in [0.1, 0.15) is 0 Å². The van der Waals surface area contributed by atoms with Crippen LogP contribution in [0.15, 0.2) is 53.6 Å². The lowest BCUT2D eigenvalue weighted by molar-refractivity contribution is -0.123. The van der Waals surface area contributed by atoms with Crippen LogP contribution < -0.4 is 20.2 Å². The lowest BCUT2D eigenvalue weighted by Gasteiger charge is -2.09. The standard InChI is InChI=1S/C18H19N3O4/c1-13(22)20-15-9-7-14(8-10-15)11-19-21-18(23)12-25-17-6-4-3-5-16(17)24-2/h3-11H,12H2,1-2H3,(H,20,22)(H,21,23)/b19-11-. The molecule has 2 rings (SSSR count). The number of hydrogen-bond acceptors (Lipinski definition) is 5. The molecule has 0 unspecified atom stereocenters. The van der Waals surface area contributed by atoms with E-state index in [0.29, 0.717) is 17.2 Å². The van der Waals surface area contributed by atoms with Crippen LogP contribution in [0.2, 0.25) is 0 Å². The van der Waals surface area contributed by atoms with Crippen LogP contribution in [0.4, 0.5) is 5.69 Å². The largest absolute Gasteiger partial charge is 0.493 e. The summed E-state index contributed by atoms with van der Waals surface area (Å²) in [5.74, 6) is 0.511. The molecule has 7 nitrogen and oxygen atoms in total. The molecule has 0 aliphatic heterocycles. The van der Waals surface area contributed by atoms with E-state index in [9.17, 15) is 9.59 Å². The second-order valence-electron chi connectivity index (χ2n) is 5.04. The SMILES string of the molecule is COc1ccccc1OCC(=O)N/N=C\c1ccc(NC(C)=O)cc1. The first kappa shape index (κ1) is 18.0. The van der Waals surface area contributed by atoms with Gasteiger partial charge in [-0.1, -0.05) is 24.3 Å². The van der Waals surface area contributed by atoms with E-state index >= 15 is 0 Å². The smallest absolute Gasteiger partial charge is 0.277 e. The number of nitrogens with one attached hydrogen (secondary N) is 2. The highest BCUT2D eigenvalue weighted by molar-refractivity contribution is 5.89. The number of methoxy groups -OCH3 is 1. The average molecular weight is 341 g/mol. The van der Waals surface area contributed by atoms with Crippen LogP contribution in [0.1, 0.15) is 12.5 Å². The van der Waals surface area contributed by atoms with Crippen molar-refractivity contribution in [2.75, 3.05) is 19.0 Å². The van der Waals surface area contributed by atoms with E-state index in [2.05, 4.69) is 15.8 Å². The Bertz CT molecular complexity index is 757. The summed E-state index contributed by atoms with van der Waals surface area (Å²) in [7, 11) is 1.53. The van der Waals surface area contributed by atoms with Gasteiger partial charge >= 0.3 is 0 Å². The minimum Gasteiger partial charge on any atom is -0.493 e. The minimum atomic E-state index is -0.392. The molecule has 0 heterocycles. The van der Waals surface area contributed by atoms with E-state index in [0.717, 1.165) is 5.56 Å². The molecule has 0 aliphatic rings. The Balaban J connectivity index is 1.81. The summed E-state index contributed by atoms with van der Waals surface area (Å²) in [5, 5.41) is 6.53. The van der Waals surface area contributed by atoms with Gasteiger partial charge < -0.3 is 14.8 Å². The van der Waals surface area contributed by atoms with Gasteiger partial charge in [0.05, 0.1) is 13.3 Å². The maximum atomic E-state index is 11.7. The van der Waals surface area contributed by atoms with E-state index in [-0.39, 0.29) is 12.5 Å². The first-order valence-corrected chi connectivity index (χ1v) is 7.54. The van der Waals surface area contributed by atoms with Gasteiger partial charge in [0.2, 0.25) is 5.91 Å². The molecule has 0 fully saturated rings. The zero-order valence-electron chi connectivity index (χ0n) is 14.0. The number of nitrogens with zero attached hydrogens (tertiary/aromatic N) is 1. The summed E-state index contributed by atoms with van der Waals surface area (Å²) in [6.45, 7) is 1.26. The van der Waals surface area contributed by atoms with Crippen molar-refractivity contribution in [2.45, 2.75) is 6.92 Å². The third kappa shape index (κ3) is 5.98. The number of hydrazone groups is 1. The zero-order chi connectivity index (χ0) is 18.1. The zero-order valence-corrected chi connectivity index (χ0v) is 14.0. The molecule has 0 aliphatic carbocycles. The van der Waals surface area contributed by atoms with Gasteiger partial charge in [0, 0.05) is 12.6 Å². The summed E-state index contributed by atoms with van der Waals surface area (Å²) in [4.78, 5) is 22.7. The molecule has 0 atom stereocenters. The molecule has 2 aromatic carbocycles. The summed E-state index contributed by atoms with van der Waals surface area (Å²) in [6.07, 6.45) is 1.50. The summed E-state index contributed by atoms with van der Waals surface area (Å²) >= 11 is 0. The van der Waals surface area contributed by atoms with Crippen molar-refractivity contribution in [3.05, 3.63) is 54.1 Å². The van der Waals surface area contributed by atoms with Crippen LogP contribution in [0.25, 0.3) is 0 Å². The normalized spacial score (nSPS) is 10.3. The molecule has 0 spiro atoms. The van der Waals surface area contributed by atoms with Gasteiger partial charge in [-0.25, -0.2) is 5.43 Å².